The Kier molecular flexibility index (Phi) is 7.67. The van der Waals surface area contributed by atoms with Crippen LogP contribution in [0, 0.1) is 5.21 Å². The largest absolute Gasteiger partial charge is 0.633 e. The van der Waals surface area contributed by atoms with Gasteiger partial charge in [-0.3, -0.25) is 9.48 Å². The predicted octanol–water partition coefficient (Wildman–Crippen LogP) is 1.03. The quantitative estimate of drug-likeness (QED) is 0.312. The van der Waals surface area contributed by atoms with Crippen LogP contribution in [0.15, 0.2) is 22.0 Å². The van der Waals surface area contributed by atoms with Crippen LogP contribution >= 0.6 is 0 Å². The van der Waals surface area contributed by atoms with Crippen LogP contribution in [0.3, 0.4) is 0 Å². The number of quaternary nitrogens is 1. The number of hydroxylamine groups is 3. The van der Waals surface area contributed by atoms with E-state index in [2.05, 4.69) is 20.1 Å². The van der Waals surface area contributed by atoms with Gasteiger partial charge < -0.3 is 24.3 Å². The molecule has 1 unspecified atom stereocenters. The molecular weight excluding hydrogens is 502 g/mol. The molecule has 0 spiro atoms. The van der Waals surface area contributed by atoms with E-state index < -0.39 is 26.3 Å². The summed E-state index contributed by atoms with van der Waals surface area (Å²) in [6, 6.07) is 1.40. The summed E-state index contributed by atoms with van der Waals surface area (Å²) in [7, 11) is -0.685. The molecule has 0 aliphatic carbocycles. The molecule has 1 saturated heterocycles. The number of hydrogen-bond donors (Lipinski definition) is 1. The number of likely N-dealkylation sites (N-methyl/N-ethyl adjacent to an activating group) is 1. The molecule has 0 amide bonds. The van der Waals surface area contributed by atoms with E-state index in [1.165, 1.54) is 23.7 Å². The zero-order valence-corrected chi connectivity index (χ0v) is 22.5. The van der Waals surface area contributed by atoms with E-state index in [9.17, 15) is 18.4 Å². The van der Waals surface area contributed by atoms with E-state index >= 15 is 0 Å². The van der Waals surface area contributed by atoms with Crippen LogP contribution in [0.1, 0.15) is 26.5 Å². The van der Waals surface area contributed by atoms with Gasteiger partial charge >= 0.3 is 0 Å². The van der Waals surface area contributed by atoms with Gasteiger partial charge in [0.25, 0.3) is 5.56 Å². The van der Waals surface area contributed by atoms with Crippen LogP contribution in [-0.2, 0) is 28.2 Å². The lowest BCUT2D eigenvalue weighted by molar-refractivity contribution is -0.882. The summed E-state index contributed by atoms with van der Waals surface area (Å²) >= 11 is 0. The molecule has 3 aromatic rings. The fourth-order valence-electron chi connectivity index (χ4n) is 4.46. The van der Waals surface area contributed by atoms with Crippen molar-refractivity contribution in [3.63, 3.8) is 0 Å². The second-order valence-corrected chi connectivity index (χ2v) is 11.1. The average Bonchev–Trinajstić information content (AvgIpc) is 3.20. The van der Waals surface area contributed by atoms with Gasteiger partial charge in [-0.05, 0) is 26.3 Å². The summed E-state index contributed by atoms with van der Waals surface area (Å²) in [6.45, 7) is 6.74. The van der Waals surface area contributed by atoms with Crippen LogP contribution in [-0.4, -0.2) is 94.6 Å². The Balaban J connectivity index is 1.82. The maximum absolute atomic E-state index is 13.5. The highest BCUT2D eigenvalue weighted by atomic mass is 32.2. The van der Waals surface area contributed by atoms with Crippen LogP contribution < -0.4 is 10.3 Å². The number of rotatable bonds is 9. The summed E-state index contributed by atoms with van der Waals surface area (Å²) in [5, 5.41) is 16.8. The maximum atomic E-state index is 13.5. The SMILES string of the molecule is CCc1c2nc(-c3cc(S(=O)(=O)N4CC[N+]([O-])(CC)CC4)cnc3OC(C)COC)[nH]c(=O)c2nn1C. The van der Waals surface area contributed by atoms with E-state index in [-0.39, 0.29) is 60.5 Å². The van der Waals surface area contributed by atoms with E-state index in [0.29, 0.717) is 18.5 Å². The Morgan fingerprint density at radius 3 is 2.57 bits per heavy atom. The molecule has 37 heavy (non-hydrogen) atoms. The zero-order valence-electron chi connectivity index (χ0n) is 21.7. The van der Waals surface area contributed by atoms with E-state index in [1.807, 2.05) is 6.92 Å². The molecule has 1 N–H and O–H groups in total. The molecule has 1 aliphatic rings. The number of aromatic amines is 1. The highest BCUT2D eigenvalue weighted by Gasteiger charge is 2.33. The molecule has 3 aromatic heterocycles. The van der Waals surface area contributed by atoms with Crippen molar-refractivity contribution in [3.05, 3.63) is 33.5 Å². The number of nitrogens with zero attached hydrogens (tertiary/aromatic N) is 6. The molecule has 4 rings (SSSR count). The number of piperazine rings is 1. The van der Waals surface area contributed by atoms with Crippen molar-refractivity contribution in [2.24, 2.45) is 7.05 Å². The molecule has 0 aromatic carbocycles. The van der Waals surface area contributed by atoms with Gasteiger partial charge in [-0.2, -0.15) is 9.40 Å². The molecule has 1 atom stereocenters. The molecule has 0 saturated carbocycles. The van der Waals surface area contributed by atoms with Crippen LogP contribution in [0.25, 0.3) is 22.4 Å². The number of aryl methyl sites for hydroxylation is 2. The first kappa shape index (κ1) is 27.1. The predicted molar refractivity (Wildman–Crippen MR) is 136 cm³/mol. The molecule has 202 valence electrons. The van der Waals surface area contributed by atoms with Crippen molar-refractivity contribution in [1.82, 2.24) is 29.0 Å². The fourth-order valence-corrected chi connectivity index (χ4v) is 5.86. The van der Waals surface area contributed by atoms with E-state index in [0.717, 1.165) is 5.69 Å². The average molecular weight is 536 g/mol. The third-order valence-electron chi connectivity index (χ3n) is 6.67. The van der Waals surface area contributed by atoms with Crippen LogP contribution in [0.5, 0.6) is 5.88 Å². The lowest BCUT2D eigenvalue weighted by Crippen LogP contribution is -2.57. The zero-order chi connectivity index (χ0) is 27.0. The van der Waals surface area contributed by atoms with Crippen molar-refractivity contribution in [1.29, 1.82) is 0 Å². The molecular formula is C23H33N7O6S. The Hall–Kier alpha value is -2.91. The number of sulfonamides is 1. The van der Waals surface area contributed by atoms with Crippen molar-refractivity contribution < 1.29 is 22.5 Å². The smallest absolute Gasteiger partial charge is 0.279 e. The van der Waals surface area contributed by atoms with E-state index in [1.54, 1.807) is 25.6 Å². The highest BCUT2D eigenvalue weighted by Crippen LogP contribution is 2.31. The summed E-state index contributed by atoms with van der Waals surface area (Å²) in [5.41, 5.74) is 1.14. The van der Waals surface area contributed by atoms with Crippen LogP contribution in [0.2, 0.25) is 0 Å². The first-order valence-corrected chi connectivity index (χ1v) is 13.7. The maximum Gasteiger partial charge on any atom is 0.279 e. The van der Waals surface area contributed by atoms with Crippen molar-refractivity contribution in [2.75, 3.05) is 46.4 Å². The molecule has 4 heterocycles. The summed E-state index contributed by atoms with van der Waals surface area (Å²) < 4.78 is 40.6. The second-order valence-electron chi connectivity index (χ2n) is 9.17. The monoisotopic (exact) mass is 535 g/mol. The molecule has 1 aliphatic heterocycles. The number of pyridine rings is 1. The third-order valence-corrected chi connectivity index (χ3v) is 8.53. The van der Waals surface area contributed by atoms with Gasteiger partial charge in [-0.15, -0.1) is 0 Å². The van der Waals surface area contributed by atoms with Gasteiger partial charge in [0, 0.05) is 14.2 Å². The Morgan fingerprint density at radius 1 is 1.24 bits per heavy atom. The minimum atomic E-state index is -3.96. The van der Waals surface area contributed by atoms with Crippen molar-refractivity contribution >= 4 is 21.1 Å². The Bertz CT molecular complexity index is 1440. The van der Waals surface area contributed by atoms with Crippen molar-refractivity contribution in [2.45, 2.75) is 38.2 Å². The number of hydrogen-bond acceptors (Lipinski definition) is 9. The molecule has 0 radical (unpaired) electrons. The van der Waals surface area contributed by atoms with Gasteiger partial charge in [0.2, 0.25) is 15.9 Å². The number of nitrogens with one attached hydrogen (secondary N) is 1. The Labute approximate surface area is 215 Å². The number of aromatic nitrogens is 5. The topological polar surface area (TPSA) is 155 Å². The van der Waals surface area contributed by atoms with Crippen LogP contribution in [0.4, 0.5) is 0 Å². The molecule has 13 nitrogen and oxygen atoms in total. The van der Waals surface area contributed by atoms with Gasteiger partial charge in [0.05, 0.1) is 56.8 Å². The van der Waals surface area contributed by atoms with Crippen molar-refractivity contribution in [3.8, 4) is 17.3 Å². The highest BCUT2D eigenvalue weighted by molar-refractivity contribution is 7.89. The standard InChI is InChI=1S/C23H33N7O6S/c1-6-18-19-20(27-28(18)4)22(31)26-21(25-19)17-12-16(13-24-23(17)36-15(3)14-35-5)37(33,34)29-8-10-30(32,7-2)11-9-29/h12-13,15H,6-11,14H2,1-5H3,(H,25,26,31). The lowest BCUT2D eigenvalue weighted by Gasteiger charge is -2.47. The number of H-pyrrole nitrogens is 1. The van der Waals surface area contributed by atoms with Gasteiger partial charge in [-0.1, -0.05) is 6.92 Å². The van der Waals surface area contributed by atoms with Gasteiger partial charge in [-0.25, -0.2) is 18.4 Å². The lowest BCUT2D eigenvalue weighted by atomic mass is 10.2. The minimum absolute atomic E-state index is 0.0821. The molecule has 1 fully saturated rings. The minimum Gasteiger partial charge on any atom is -0.633 e. The van der Waals surface area contributed by atoms with Gasteiger partial charge in [0.1, 0.15) is 22.3 Å². The Morgan fingerprint density at radius 2 is 1.95 bits per heavy atom. The first-order valence-electron chi connectivity index (χ1n) is 12.2. The molecule has 0 bridgehead atoms. The fraction of sp³-hybridized carbons (Fsp3) is 0.565. The first-order chi connectivity index (χ1) is 17.5. The molecule has 14 heteroatoms. The van der Waals surface area contributed by atoms with Gasteiger partial charge in [0.15, 0.2) is 5.52 Å². The summed E-state index contributed by atoms with van der Waals surface area (Å²) in [5.74, 6) is 0.219. The number of methoxy groups -OCH3 is 1. The third kappa shape index (κ3) is 5.25. The normalized spacial score (nSPS) is 17.2. The number of fused-ring (bicyclic) bond motifs is 1. The summed E-state index contributed by atoms with van der Waals surface area (Å²) in [4.78, 5) is 24.5. The second kappa shape index (κ2) is 10.5. The van der Waals surface area contributed by atoms with E-state index in [4.69, 9.17) is 9.47 Å². The number of ether oxygens (including phenoxy) is 2. The summed E-state index contributed by atoms with van der Waals surface area (Å²) in [6.07, 6.45) is 1.41.